The van der Waals surface area contributed by atoms with E-state index >= 15 is 0 Å². The second kappa shape index (κ2) is 5.25. The summed E-state index contributed by atoms with van der Waals surface area (Å²) >= 11 is 0. The number of carbonyl (C=O) groups excluding carboxylic acids is 1. The Morgan fingerprint density at radius 1 is 1.00 bits per heavy atom. The van der Waals surface area contributed by atoms with Crippen molar-refractivity contribution in [2.75, 3.05) is 7.11 Å². The molecule has 0 saturated heterocycles. The molecule has 23 heavy (non-hydrogen) atoms. The molecule has 0 spiro atoms. The van der Waals surface area contributed by atoms with E-state index in [4.69, 9.17) is 9.15 Å². The van der Waals surface area contributed by atoms with E-state index in [2.05, 4.69) is 4.98 Å². The third-order valence-corrected chi connectivity index (χ3v) is 3.80. The average Bonchev–Trinajstić information content (AvgIpc) is 3.04. The summed E-state index contributed by atoms with van der Waals surface area (Å²) in [6.07, 6.45) is 0. The Balaban J connectivity index is 1.80. The smallest absolute Gasteiger partial charge is 0.337 e. The van der Waals surface area contributed by atoms with Gasteiger partial charge in [0.1, 0.15) is 5.52 Å². The van der Waals surface area contributed by atoms with Crippen LogP contribution in [-0.2, 0) is 4.74 Å². The van der Waals surface area contributed by atoms with Crippen molar-refractivity contribution in [3.05, 3.63) is 66.2 Å². The fourth-order valence-corrected chi connectivity index (χ4v) is 2.62. The van der Waals surface area contributed by atoms with E-state index in [9.17, 15) is 4.79 Å². The number of ether oxygens (including phenoxy) is 1. The summed E-state index contributed by atoms with van der Waals surface area (Å²) in [6, 6.07) is 19.0. The van der Waals surface area contributed by atoms with Crippen LogP contribution in [0.15, 0.2) is 65.1 Å². The molecule has 112 valence electrons. The Labute approximate surface area is 132 Å². The van der Waals surface area contributed by atoms with Gasteiger partial charge in [-0.2, -0.15) is 0 Å². The summed E-state index contributed by atoms with van der Waals surface area (Å²) in [4.78, 5) is 16.1. The molecule has 0 amide bonds. The number of esters is 1. The lowest BCUT2D eigenvalue weighted by atomic mass is 10.0. The van der Waals surface area contributed by atoms with Crippen molar-refractivity contribution in [3.8, 4) is 11.5 Å². The zero-order valence-corrected chi connectivity index (χ0v) is 12.4. The Hall–Kier alpha value is -3.14. The normalized spacial score (nSPS) is 11.0. The number of methoxy groups -OCH3 is 1. The van der Waals surface area contributed by atoms with E-state index < -0.39 is 0 Å². The van der Waals surface area contributed by atoms with Gasteiger partial charge in [0.25, 0.3) is 0 Å². The minimum Gasteiger partial charge on any atom is -0.465 e. The van der Waals surface area contributed by atoms with Crippen LogP contribution in [0.4, 0.5) is 0 Å². The topological polar surface area (TPSA) is 52.3 Å². The lowest BCUT2D eigenvalue weighted by molar-refractivity contribution is 0.0601. The van der Waals surface area contributed by atoms with Crippen molar-refractivity contribution in [1.29, 1.82) is 0 Å². The number of oxazole rings is 1. The number of carbonyl (C=O) groups is 1. The van der Waals surface area contributed by atoms with Gasteiger partial charge in [-0.3, -0.25) is 0 Å². The quantitative estimate of drug-likeness (QED) is 0.514. The molecule has 1 aromatic heterocycles. The fourth-order valence-electron chi connectivity index (χ4n) is 2.62. The van der Waals surface area contributed by atoms with Crippen molar-refractivity contribution in [2.24, 2.45) is 0 Å². The van der Waals surface area contributed by atoms with Crippen molar-refractivity contribution in [3.63, 3.8) is 0 Å². The number of fused-ring (bicyclic) bond motifs is 2. The number of nitrogens with zero attached hydrogens (tertiary/aromatic N) is 1. The summed E-state index contributed by atoms with van der Waals surface area (Å²) in [5.74, 6) is 0.250. The first-order valence-corrected chi connectivity index (χ1v) is 7.23. The van der Waals surface area contributed by atoms with Crippen LogP contribution in [0.2, 0.25) is 0 Å². The predicted molar refractivity (Wildman–Crippen MR) is 88.3 cm³/mol. The molecule has 3 aromatic carbocycles. The first-order chi connectivity index (χ1) is 11.2. The molecule has 4 aromatic rings. The molecule has 0 radical (unpaired) electrons. The van der Waals surface area contributed by atoms with Gasteiger partial charge in [0.2, 0.25) is 5.89 Å². The van der Waals surface area contributed by atoms with Crippen LogP contribution in [0.25, 0.3) is 33.3 Å². The number of aromatic nitrogens is 1. The highest BCUT2D eigenvalue weighted by atomic mass is 16.5. The van der Waals surface area contributed by atoms with Crippen molar-refractivity contribution in [2.45, 2.75) is 0 Å². The van der Waals surface area contributed by atoms with Crippen molar-refractivity contribution >= 4 is 27.8 Å². The summed E-state index contributed by atoms with van der Waals surface area (Å²) in [5.41, 5.74) is 3.04. The van der Waals surface area contributed by atoms with E-state index in [0.717, 1.165) is 27.4 Å². The molecule has 0 aliphatic carbocycles. The molecular formula is C19H13NO3. The molecule has 4 heteroatoms. The standard InChI is InChI=1S/C19H13NO3/c1-22-19(21)15-9-7-12-10-14(8-6-13(12)11-15)18-20-16-4-2-3-5-17(16)23-18/h2-11H,1H3. The second-order valence-electron chi connectivity index (χ2n) is 5.26. The highest BCUT2D eigenvalue weighted by Gasteiger charge is 2.10. The van der Waals surface area contributed by atoms with Gasteiger partial charge in [-0.15, -0.1) is 0 Å². The van der Waals surface area contributed by atoms with E-state index in [-0.39, 0.29) is 5.97 Å². The maximum Gasteiger partial charge on any atom is 0.337 e. The van der Waals surface area contributed by atoms with E-state index in [1.807, 2.05) is 54.6 Å². The van der Waals surface area contributed by atoms with Gasteiger partial charge in [0.15, 0.2) is 5.58 Å². The minimum absolute atomic E-state index is 0.338. The predicted octanol–water partition coefficient (Wildman–Crippen LogP) is 4.43. The fraction of sp³-hybridized carbons (Fsp3) is 0.0526. The molecule has 0 atom stereocenters. The Bertz CT molecular complexity index is 1000. The van der Waals surface area contributed by atoms with Gasteiger partial charge in [0.05, 0.1) is 12.7 Å². The van der Waals surface area contributed by atoms with Gasteiger partial charge in [-0.1, -0.05) is 24.3 Å². The third kappa shape index (κ3) is 2.34. The van der Waals surface area contributed by atoms with Crippen LogP contribution in [0.1, 0.15) is 10.4 Å². The molecule has 0 bridgehead atoms. The van der Waals surface area contributed by atoms with E-state index in [0.29, 0.717) is 11.5 Å². The SMILES string of the molecule is COC(=O)c1ccc2cc(-c3nc4ccccc4o3)ccc2c1. The molecule has 0 aliphatic rings. The maximum absolute atomic E-state index is 11.6. The second-order valence-corrected chi connectivity index (χ2v) is 5.26. The summed E-state index contributed by atoms with van der Waals surface area (Å²) in [5, 5.41) is 1.98. The Morgan fingerprint density at radius 3 is 2.61 bits per heavy atom. The van der Waals surface area contributed by atoms with Gasteiger partial charge < -0.3 is 9.15 Å². The van der Waals surface area contributed by atoms with Crippen LogP contribution in [0, 0.1) is 0 Å². The molecule has 0 saturated carbocycles. The average molecular weight is 303 g/mol. The molecule has 0 unspecified atom stereocenters. The van der Waals surface area contributed by atoms with Crippen LogP contribution >= 0.6 is 0 Å². The maximum atomic E-state index is 11.6. The molecule has 1 heterocycles. The van der Waals surface area contributed by atoms with Crippen LogP contribution in [-0.4, -0.2) is 18.1 Å². The van der Waals surface area contributed by atoms with Crippen molar-refractivity contribution in [1.82, 2.24) is 4.98 Å². The lowest BCUT2D eigenvalue weighted by Gasteiger charge is -2.03. The van der Waals surface area contributed by atoms with Gasteiger partial charge in [-0.25, -0.2) is 9.78 Å². The van der Waals surface area contributed by atoms with Gasteiger partial charge in [-0.05, 0) is 47.2 Å². The lowest BCUT2D eigenvalue weighted by Crippen LogP contribution is -2.00. The Kier molecular flexibility index (Phi) is 3.08. The summed E-state index contributed by atoms with van der Waals surface area (Å²) in [6.45, 7) is 0. The number of benzene rings is 3. The monoisotopic (exact) mass is 303 g/mol. The number of rotatable bonds is 2. The highest BCUT2D eigenvalue weighted by Crippen LogP contribution is 2.27. The largest absolute Gasteiger partial charge is 0.465 e. The zero-order valence-electron chi connectivity index (χ0n) is 12.4. The molecule has 4 rings (SSSR count). The number of para-hydroxylation sites is 2. The van der Waals surface area contributed by atoms with Crippen LogP contribution in [0.5, 0.6) is 0 Å². The van der Waals surface area contributed by atoms with E-state index in [1.165, 1.54) is 7.11 Å². The first kappa shape index (κ1) is 13.5. The molecule has 0 aliphatic heterocycles. The number of hydrogen-bond donors (Lipinski definition) is 0. The minimum atomic E-state index is -0.338. The summed E-state index contributed by atoms with van der Waals surface area (Å²) < 4.78 is 10.5. The Morgan fingerprint density at radius 2 is 1.78 bits per heavy atom. The number of hydrogen-bond acceptors (Lipinski definition) is 4. The van der Waals surface area contributed by atoms with Crippen LogP contribution < -0.4 is 0 Å². The molecular weight excluding hydrogens is 290 g/mol. The zero-order chi connectivity index (χ0) is 15.8. The third-order valence-electron chi connectivity index (χ3n) is 3.80. The highest BCUT2D eigenvalue weighted by molar-refractivity contribution is 5.96. The first-order valence-electron chi connectivity index (χ1n) is 7.23. The van der Waals surface area contributed by atoms with Gasteiger partial charge in [0, 0.05) is 5.56 Å². The van der Waals surface area contributed by atoms with Crippen LogP contribution in [0.3, 0.4) is 0 Å². The van der Waals surface area contributed by atoms with Gasteiger partial charge >= 0.3 is 5.97 Å². The summed E-state index contributed by atoms with van der Waals surface area (Å²) in [7, 11) is 1.38. The molecule has 0 fully saturated rings. The van der Waals surface area contributed by atoms with Crippen molar-refractivity contribution < 1.29 is 13.9 Å². The molecule has 4 nitrogen and oxygen atoms in total. The van der Waals surface area contributed by atoms with E-state index in [1.54, 1.807) is 6.07 Å². The molecule has 0 N–H and O–H groups in total.